The lowest BCUT2D eigenvalue weighted by molar-refractivity contribution is 0.415. The van der Waals surface area contributed by atoms with Gasteiger partial charge in [-0.05, 0) is 48.5 Å². The van der Waals surface area contributed by atoms with E-state index in [0.29, 0.717) is 11.5 Å². The third-order valence-electron chi connectivity index (χ3n) is 4.50. The summed E-state index contributed by atoms with van der Waals surface area (Å²) in [4.78, 5) is 0.0499. The Labute approximate surface area is 168 Å². The minimum atomic E-state index is -3.73. The maximum atomic E-state index is 11.4. The molecular formula is C21H18N4O3S. The standard InChI is InChI=1S/C21H18N4O3S/c1-28-16-10-6-14(7-11-16)20-18-4-2-3-5-19(18)21(25-24-20)23-15-8-12-17(13-9-15)29(22,26)27/h2-13H,1H3,(H,23,25)(H2,22,26,27). The fourth-order valence-corrected chi connectivity index (χ4v) is 3.54. The van der Waals surface area contributed by atoms with Gasteiger partial charge in [-0.3, -0.25) is 0 Å². The molecule has 0 bridgehead atoms. The van der Waals surface area contributed by atoms with Gasteiger partial charge in [0.1, 0.15) is 11.4 Å². The molecule has 0 aliphatic heterocycles. The summed E-state index contributed by atoms with van der Waals surface area (Å²) < 4.78 is 28.0. The molecule has 0 saturated carbocycles. The van der Waals surface area contributed by atoms with Crippen LogP contribution in [0.4, 0.5) is 11.5 Å². The molecular weight excluding hydrogens is 388 g/mol. The van der Waals surface area contributed by atoms with Crippen LogP contribution in [0.3, 0.4) is 0 Å². The van der Waals surface area contributed by atoms with Crippen molar-refractivity contribution in [1.29, 1.82) is 0 Å². The summed E-state index contributed by atoms with van der Waals surface area (Å²) in [6.45, 7) is 0. The quantitative estimate of drug-likeness (QED) is 0.523. The second-order valence-electron chi connectivity index (χ2n) is 6.37. The molecule has 0 atom stereocenters. The van der Waals surface area contributed by atoms with Gasteiger partial charge in [-0.2, -0.15) is 0 Å². The Morgan fingerprint density at radius 2 is 1.52 bits per heavy atom. The van der Waals surface area contributed by atoms with Crippen LogP contribution in [0.15, 0.2) is 77.7 Å². The first-order chi connectivity index (χ1) is 14.0. The van der Waals surface area contributed by atoms with Crippen LogP contribution in [0.5, 0.6) is 5.75 Å². The molecule has 29 heavy (non-hydrogen) atoms. The van der Waals surface area contributed by atoms with E-state index in [1.165, 1.54) is 12.1 Å². The summed E-state index contributed by atoms with van der Waals surface area (Å²) in [7, 11) is -2.11. The van der Waals surface area contributed by atoms with Gasteiger partial charge in [-0.1, -0.05) is 24.3 Å². The third-order valence-corrected chi connectivity index (χ3v) is 5.43. The van der Waals surface area contributed by atoms with Crippen molar-refractivity contribution in [3.63, 3.8) is 0 Å². The summed E-state index contributed by atoms with van der Waals surface area (Å²) in [5.74, 6) is 1.34. The monoisotopic (exact) mass is 406 g/mol. The number of rotatable bonds is 5. The summed E-state index contributed by atoms with van der Waals surface area (Å²) in [5, 5.41) is 18.9. The molecule has 0 radical (unpaired) electrons. The van der Waals surface area contributed by atoms with Crippen molar-refractivity contribution < 1.29 is 13.2 Å². The average molecular weight is 406 g/mol. The van der Waals surface area contributed by atoms with Gasteiger partial charge in [0.05, 0.1) is 12.0 Å². The number of nitrogens with one attached hydrogen (secondary N) is 1. The molecule has 0 aliphatic carbocycles. The first kappa shape index (κ1) is 18.9. The maximum absolute atomic E-state index is 11.4. The zero-order valence-corrected chi connectivity index (χ0v) is 16.3. The van der Waals surface area contributed by atoms with E-state index in [0.717, 1.165) is 27.8 Å². The summed E-state index contributed by atoms with van der Waals surface area (Å²) >= 11 is 0. The van der Waals surface area contributed by atoms with E-state index in [1.807, 2.05) is 48.5 Å². The molecule has 4 aromatic rings. The highest BCUT2D eigenvalue weighted by Gasteiger charge is 2.12. The zero-order valence-electron chi connectivity index (χ0n) is 15.5. The van der Waals surface area contributed by atoms with E-state index in [1.54, 1.807) is 19.2 Å². The molecule has 1 aromatic heterocycles. The first-order valence-electron chi connectivity index (χ1n) is 8.75. The van der Waals surface area contributed by atoms with Crippen LogP contribution in [0.1, 0.15) is 0 Å². The number of hydrogen-bond acceptors (Lipinski definition) is 6. The molecule has 0 unspecified atom stereocenters. The number of nitrogens with two attached hydrogens (primary N) is 1. The van der Waals surface area contributed by atoms with E-state index in [4.69, 9.17) is 9.88 Å². The number of fused-ring (bicyclic) bond motifs is 1. The Morgan fingerprint density at radius 3 is 2.14 bits per heavy atom. The van der Waals surface area contributed by atoms with E-state index < -0.39 is 10.0 Å². The van der Waals surface area contributed by atoms with Crippen LogP contribution in [-0.4, -0.2) is 25.7 Å². The topological polar surface area (TPSA) is 107 Å². The van der Waals surface area contributed by atoms with Gasteiger partial charge >= 0.3 is 0 Å². The number of primary sulfonamides is 1. The van der Waals surface area contributed by atoms with Crippen LogP contribution in [0, 0.1) is 0 Å². The van der Waals surface area contributed by atoms with Crippen molar-refractivity contribution >= 4 is 32.3 Å². The van der Waals surface area contributed by atoms with E-state index in [-0.39, 0.29) is 4.90 Å². The lowest BCUT2D eigenvalue weighted by Crippen LogP contribution is -2.11. The predicted molar refractivity (Wildman–Crippen MR) is 113 cm³/mol. The molecule has 4 rings (SSSR count). The number of nitrogens with zero attached hydrogens (tertiary/aromatic N) is 2. The maximum Gasteiger partial charge on any atom is 0.238 e. The normalized spacial score (nSPS) is 11.4. The van der Waals surface area contributed by atoms with Crippen LogP contribution in [-0.2, 0) is 10.0 Å². The highest BCUT2D eigenvalue weighted by molar-refractivity contribution is 7.89. The molecule has 0 saturated heterocycles. The SMILES string of the molecule is COc1ccc(-c2nnc(Nc3ccc(S(N)(=O)=O)cc3)c3ccccc23)cc1. The van der Waals surface area contributed by atoms with Crippen molar-refractivity contribution in [2.24, 2.45) is 5.14 Å². The highest BCUT2D eigenvalue weighted by atomic mass is 32.2. The van der Waals surface area contributed by atoms with Gasteiger partial charge in [0.25, 0.3) is 0 Å². The molecule has 3 N–H and O–H groups in total. The largest absolute Gasteiger partial charge is 0.497 e. The third kappa shape index (κ3) is 3.89. The van der Waals surface area contributed by atoms with Crippen LogP contribution < -0.4 is 15.2 Å². The summed E-state index contributed by atoms with van der Waals surface area (Å²) in [6.07, 6.45) is 0. The smallest absolute Gasteiger partial charge is 0.238 e. The molecule has 8 heteroatoms. The van der Waals surface area contributed by atoms with Gasteiger partial charge in [0, 0.05) is 22.0 Å². The van der Waals surface area contributed by atoms with Crippen molar-refractivity contribution in [3.05, 3.63) is 72.8 Å². The second kappa shape index (κ2) is 7.50. The molecule has 3 aromatic carbocycles. The number of aromatic nitrogens is 2. The summed E-state index contributed by atoms with van der Waals surface area (Å²) in [6, 6.07) is 21.6. The van der Waals surface area contributed by atoms with Gasteiger partial charge in [-0.15, -0.1) is 10.2 Å². The Morgan fingerprint density at radius 1 is 0.862 bits per heavy atom. The van der Waals surface area contributed by atoms with Crippen LogP contribution in [0.2, 0.25) is 0 Å². The number of sulfonamides is 1. The molecule has 0 amide bonds. The highest BCUT2D eigenvalue weighted by Crippen LogP contribution is 2.31. The molecule has 7 nitrogen and oxygen atoms in total. The van der Waals surface area contributed by atoms with Crippen molar-refractivity contribution in [2.45, 2.75) is 4.90 Å². The van der Waals surface area contributed by atoms with Gasteiger partial charge in [0.15, 0.2) is 5.82 Å². The number of anilines is 2. The minimum absolute atomic E-state index is 0.0499. The van der Waals surface area contributed by atoms with E-state index in [2.05, 4.69) is 15.5 Å². The van der Waals surface area contributed by atoms with Gasteiger partial charge in [-0.25, -0.2) is 13.6 Å². The zero-order chi connectivity index (χ0) is 20.4. The number of benzene rings is 3. The van der Waals surface area contributed by atoms with Gasteiger partial charge < -0.3 is 10.1 Å². The minimum Gasteiger partial charge on any atom is -0.497 e. The second-order valence-corrected chi connectivity index (χ2v) is 7.93. The fourth-order valence-electron chi connectivity index (χ4n) is 3.02. The number of methoxy groups -OCH3 is 1. The van der Waals surface area contributed by atoms with E-state index in [9.17, 15) is 8.42 Å². The molecule has 146 valence electrons. The fraction of sp³-hybridized carbons (Fsp3) is 0.0476. The Balaban J connectivity index is 1.73. The Kier molecular flexibility index (Phi) is 4.87. The molecule has 1 heterocycles. The average Bonchev–Trinajstić information content (AvgIpc) is 2.74. The lowest BCUT2D eigenvalue weighted by atomic mass is 10.0. The number of ether oxygens (including phenoxy) is 1. The summed E-state index contributed by atoms with van der Waals surface area (Å²) in [5.41, 5.74) is 2.37. The van der Waals surface area contributed by atoms with Crippen LogP contribution >= 0.6 is 0 Å². The predicted octanol–water partition coefficient (Wildman–Crippen LogP) is 3.70. The Hall–Kier alpha value is -3.49. The van der Waals surface area contributed by atoms with Crippen molar-refractivity contribution in [1.82, 2.24) is 10.2 Å². The molecule has 0 spiro atoms. The lowest BCUT2D eigenvalue weighted by Gasteiger charge is -2.12. The molecule has 0 fully saturated rings. The van der Waals surface area contributed by atoms with Crippen LogP contribution in [0.25, 0.3) is 22.0 Å². The molecule has 0 aliphatic rings. The van der Waals surface area contributed by atoms with E-state index >= 15 is 0 Å². The van der Waals surface area contributed by atoms with Crippen molar-refractivity contribution in [2.75, 3.05) is 12.4 Å². The first-order valence-corrected chi connectivity index (χ1v) is 10.3. The Bertz CT molecular complexity index is 1270. The van der Waals surface area contributed by atoms with Gasteiger partial charge in [0.2, 0.25) is 10.0 Å². The van der Waals surface area contributed by atoms with Crippen molar-refractivity contribution in [3.8, 4) is 17.0 Å². The number of hydrogen-bond donors (Lipinski definition) is 2.